The van der Waals surface area contributed by atoms with Crippen molar-refractivity contribution >= 4 is 17.4 Å². The number of Topliss-reactive ketones (excluding diaryl/α,β-unsaturated/α-hetero) is 1. The van der Waals surface area contributed by atoms with Gasteiger partial charge in [-0.05, 0) is 62.1 Å². The van der Waals surface area contributed by atoms with E-state index in [0.717, 1.165) is 42.6 Å². The molecule has 4 rings (SSSR count). The Bertz CT molecular complexity index is 1040. The lowest BCUT2D eigenvalue weighted by Crippen LogP contribution is -2.36. The molecule has 0 spiro atoms. The number of benzene rings is 1. The van der Waals surface area contributed by atoms with Gasteiger partial charge >= 0.3 is 0 Å². The van der Waals surface area contributed by atoms with E-state index in [-0.39, 0.29) is 35.9 Å². The zero-order chi connectivity index (χ0) is 23.8. The molecule has 2 aliphatic rings. The van der Waals surface area contributed by atoms with Gasteiger partial charge in [0.1, 0.15) is 0 Å². The molecule has 1 aromatic carbocycles. The molecule has 8 nitrogen and oxygen atoms in total. The molecule has 1 fully saturated rings. The van der Waals surface area contributed by atoms with Gasteiger partial charge in [0.2, 0.25) is 0 Å². The minimum Gasteiger partial charge on any atom is -0.394 e. The lowest BCUT2D eigenvalue weighted by atomic mass is 9.64. The van der Waals surface area contributed by atoms with Crippen LogP contribution in [0, 0.1) is 12.3 Å². The molecule has 1 heterocycles. The number of H-pyrrole nitrogens is 1. The van der Waals surface area contributed by atoms with E-state index in [1.54, 1.807) is 6.07 Å². The SMILES string of the molecule is Cc1[nH]nc2c1C(=O)C(c1ccc(C(N)=O)c(NC3CCC(OCCO)CC3)c1)C(C)(C)C2. The number of nitrogens with one attached hydrogen (secondary N) is 2. The number of nitrogens with zero attached hydrogens (tertiary/aromatic N) is 1. The molecule has 33 heavy (non-hydrogen) atoms. The van der Waals surface area contributed by atoms with Gasteiger partial charge in [0.15, 0.2) is 5.78 Å². The fourth-order valence-corrected chi connectivity index (χ4v) is 5.46. The van der Waals surface area contributed by atoms with Gasteiger partial charge < -0.3 is 20.9 Å². The van der Waals surface area contributed by atoms with Crippen molar-refractivity contribution in [3.63, 3.8) is 0 Å². The molecular formula is C25H34N4O4. The van der Waals surface area contributed by atoms with Crippen molar-refractivity contribution in [2.45, 2.75) is 70.9 Å². The van der Waals surface area contributed by atoms with Crippen molar-refractivity contribution in [2.75, 3.05) is 18.5 Å². The number of aliphatic hydroxyl groups is 1. The number of hydrogen-bond donors (Lipinski definition) is 4. The molecule has 1 saturated carbocycles. The summed E-state index contributed by atoms with van der Waals surface area (Å²) in [6, 6.07) is 5.71. The monoisotopic (exact) mass is 454 g/mol. The Morgan fingerprint density at radius 3 is 2.70 bits per heavy atom. The maximum absolute atomic E-state index is 13.6. The number of rotatable bonds is 7. The number of nitrogens with two attached hydrogens (primary N) is 1. The number of amides is 1. The van der Waals surface area contributed by atoms with Crippen molar-refractivity contribution in [3.8, 4) is 0 Å². The molecule has 0 bridgehead atoms. The smallest absolute Gasteiger partial charge is 0.250 e. The molecule has 1 amide bonds. The number of hydrogen-bond acceptors (Lipinski definition) is 6. The maximum Gasteiger partial charge on any atom is 0.250 e. The Labute approximate surface area is 194 Å². The largest absolute Gasteiger partial charge is 0.394 e. The van der Waals surface area contributed by atoms with Crippen molar-refractivity contribution < 1.29 is 19.4 Å². The Morgan fingerprint density at radius 1 is 1.30 bits per heavy atom. The fraction of sp³-hybridized carbons (Fsp3) is 0.560. The molecule has 1 aromatic heterocycles. The second kappa shape index (κ2) is 9.27. The zero-order valence-electron chi connectivity index (χ0n) is 19.6. The van der Waals surface area contributed by atoms with Gasteiger partial charge in [-0.15, -0.1) is 0 Å². The number of anilines is 1. The number of fused-ring (bicyclic) bond motifs is 1. The summed E-state index contributed by atoms with van der Waals surface area (Å²) in [5, 5.41) is 19.8. The van der Waals surface area contributed by atoms with Crippen LogP contribution in [-0.2, 0) is 11.2 Å². The molecule has 1 atom stereocenters. The van der Waals surface area contributed by atoms with E-state index < -0.39 is 5.91 Å². The summed E-state index contributed by atoms with van der Waals surface area (Å²) >= 11 is 0. The van der Waals surface area contributed by atoms with Crippen molar-refractivity contribution in [1.82, 2.24) is 10.2 Å². The number of aromatic amines is 1. The van der Waals surface area contributed by atoms with Crippen LogP contribution < -0.4 is 11.1 Å². The van der Waals surface area contributed by atoms with Gasteiger partial charge in [0.05, 0.1) is 42.1 Å². The second-order valence-electron chi connectivity index (χ2n) is 10.0. The third-order valence-corrected chi connectivity index (χ3v) is 7.06. The van der Waals surface area contributed by atoms with E-state index in [2.05, 4.69) is 29.4 Å². The van der Waals surface area contributed by atoms with Crippen LogP contribution in [0.25, 0.3) is 0 Å². The van der Waals surface area contributed by atoms with Crippen LogP contribution in [0.2, 0.25) is 0 Å². The van der Waals surface area contributed by atoms with E-state index in [9.17, 15) is 9.59 Å². The first-order valence-corrected chi connectivity index (χ1v) is 11.7. The van der Waals surface area contributed by atoms with Gasteiger partial charge in [-0.3, -0.25) is 14.7 Å². The van der Waals surface area contributed by atoms with E-state index in [1.807, 2.05) is 19.1 Å². The highest BCUT2D eigenvalue weighted by molar-refractivity contribution is 6.05. The van der Waals surface area contributed by atoms with Gasteiger partial charge in [0.25, 0.3) is 5.91 Å². The van der Waals surface area contributed by atoms with Crippen LogP contribution in [0.3, 0.4) is 0 Å². The van der Waals surface area contributed by atoms with Crippen LogP contribution in [0.4, 0.5) is 5.69 Å². The van der Waals surface area contributed by atoms with Gasteiger partial charge in [-0.25, -0.2) is 0 Å². The molecule has 1 unspecified atom stereocenters. The number of aryl methyl sites for hydroxylation is 1. The fourth-order valence-electron chi connectivity index (χ4n) is 5.46. The van der Waals surface area contributed by atoms with Crippen LogP contribution >= 0.6 is 0 Å². The van der Waals surface area contributed by atoms with Gasteiger partial charge in [-0.2, -0.15) is 5.10 Å². The number of carbonyl (C=O) groups excluding carboxylic acids is 2. The molecular weight excluding hydrogens is 420 g/mol. The molecule has 8 heteroatoms. The molecule has 2 aromatic rings. The van der Waals surface area contributed by atoms with Gasteiger partial charge in [-0.1, -0.05) is 19.9 Å². The second-order valence-corrected chi connectivity index (χ2v) is 10.0. The molecule has 0 aliphatic heterocycles. The number of aliphatic hydroxyl groups excluding tert-OH is 1. The Kier molecular flexibility index (Phi) is 6.59. The highest BCUT2D eigenvalue weighted by atomic mass is 16.5. The van der Waals surface area contributed by atoms with E-state index >= 15 is 0 Å². The highest BCUT2D eigenvalue weighted by Gasteiger charge is 2.44. The lowest BCUT2D eigenvalue weighted by molar-refractivity contribution is 0.00722. The lowest BCUT2D eigenvalue weighted by Gasteiger charge is -2.37. The van der Waals surface area contributed by atoms with E-state index in [1.165, 1.54) is 0 Å². The summed E-state index contributed by atoms with van der Waals surface area (Å²) in [6.45, 7) is 6.45. The highest BCUT2D eigenvalue weighted by Crippen LogP contribution is 2.46. The first kappa shape index (κ1) is 23.4. The van der Waals surface area contributed by atoms with E-state index in [0.29, 0.717) is 29.8 Å². The zero-order valence-corrected chi connectivity index (χ0v) is 19.6. The van der Waals surface area contributed by atoms with Crippen LogP contribution in [0.1, 0.15) is 83.1 Å². The molecule has 0 radical (unpaired) electrons. The molecule has 5 N–H and O–H groups in total. The first-order valence-electron chi connectivity index (χ1n) is 11.7. The quantitative estimate of drug-likeness (QED) is 0.509. The van der Waals surface area contributed by atoms with Crippen molar-refractivity contribution in [2.24, 2.45) is 11.1 Å². The third kappa shape index (κ3) is 4.68. The maximum atomic E-state index is 13.6. The minimum absolute atomic E-state index is 0.0308. The molecule has 0 saturated heterocycles. The number of ether oxygens (including phenoxy) is 1. The normalized spacial score (nSPS) is 24.4. The predicted octanol–water partition coefficient (Wildman–Crippen LogP) is 3.10. The van der Waals surface area contributed by atoms with Crippen molar-refractivity contribution in [1.29, 1.82) is 0 Å². The number of aromatic nitrogens is 2. The van der Waals surface area contributed by atoms with Gasteiger partial charge in [0, 0.05) is 17.4 Å². The molecule has 2 aliphatic carbocycles. The average Bonchev–Trinajstić information content (AvgIpc) is 3.12. The Balaban J connectivity index is 1.60. The minimum atomic E-state index is -0.494. The Hall–Kier alpha value is -2.71. The van der Waals surface area contributed by atoms with Crippen LogP contribution in [0.15, 0.2) is 18.2 Å². The third-order valence-electron chi connectivity index (χ3n) is 7.06. The summed E-state index contributed by atoms with van der Waals surface area (Å²) in [7, 11) is 0. The topological polar surface area (TPSA) is 130 Å². The summed E-state index contributed by atoms with van der Waals surface area (Å²) in [5.74, 6) is -0.774. The van der Waals surface area contributed by atoms with Crippen LogP contribution in [0.5, 0.6) is 0 Å². The summed E-state index contributed by atoms with van der Waals surface area (Å²) in [4.78, 5) is 25.7. The van der Waals surface area contributed by atoms with Crippen molar-refractivity contribution in [3.05, 3.63) is 46.3 Å². The average molecular weight is 455 g/mol. The Morgan fingerprint density at radius 2 is 2.03 bits per heavy atom. The number of ketones is 1. The predicted molar refractivity (Wildman–Crippen MR) is 126 cm³/mol. The summed E-state index contributed by atoms with van der Waals surface area (Å²) in [6.07, 6.45) is 4.42. The number of carbonyl (C=O) groups is 2. The summed E-state index contributed by atoms with van der Waals surface area (Å²) in [5.41, 5.74) is 9.65. The van der Waals surface area contributed by atoms with Crippen LogP contribution in [-0.4, -0.2) is 52.4 Å². The number of primary amides is 1. The summed E-state index contributed by atoms with van der Waals surface area (Å²) < 4.78 is 5.66. The molecule has 178 valence electrons. The standard InChI is InChI=1S/C25H34N4O4/c1-14-21-20(29-28-14)13-25(2,3)22(23(21)31)15-4-9-18(24(26)32)19(12-15)27-16-5-7-17(8-6-16)33-11-10-30/h4,9,12,16-17,22,27,30H,5-8,10-11,13H2,1-3H3,(H2,26,32)(H,28,29). The van der Waals surface area contributed by atoms with E-state index in [4.69, 9.17) is 15.6 Å². The first-order chi connectivity index (χ1) is 15.7.